The Morgan fingerprint density at radius 1 is 1.22 bits per heavy atom. The van der Waals surface area contributed by atoms with Crippen molar-refractivity contribution >= 4 is 39.8 Å². The summed E-state index contributed by atoms with van der Waals surface area (Å²) in [7, 11) is 2.17. The molecule has 2 fully saturated rings. The molecule has 11 heteroatoms. The Morgan fingerprint density at radius 2 is 2.04 bits per heavy atom. The number of anilines is 2. The maximum atomic E-state index is 12.6. The summed E-state index contributed by atoms with van der Waals surface area (Å²) < 4.78 is 6.35. The minimum absolute atomic E-state index is 0.145. The number of carbonyl (C=O) groups excluding carboxylic acids is 1. The third kappa shape index (κ3) is 6.42. The maximum Gasteiger partial charge on any atom is 0.318 e. The Hall–Kier alpha value is -3.94. The number of amides is 1. The van der Waals surface area contributed by atoms with Crippen LogP contribution in [0.2, 0.25) is 5.02 Å². The minimum Gasteiger partial charge on any atom is -0.462 e. The molecule has 1 aromatic carbocycles. The molecule has 1 aliphatic carbocycles. The zero-order chi connectivity index (χ0) is 31.7. The van der Waals surface area contributed by atoms with E-state index in [0.29, 0.717) is 49.9 Å². The number of halogens is 1. The van der Waals surface area contributed by atoms with E-state index in [9.17, 15) is 4.79 Å². The van der Waals surface area contributed by atoms with E-state index >= 15 is 0 Å². The van der Waals surface area contributed by atoms with Gasteiger partial charge in [0.25, 0.3) is 0 Å². The first-order chi connectivity index (χ1) is 21.8. The van der Waals surface area contributed by atoms with Gasteiger partial charge in [-0.25, -0.2) is 6.57 Å². The number of ether oxygens (including phenoxy) is 1. The molecule has 3 aromatic rings. The number of fused-ring (bicyclic) bond motifs is 2. The molecule has 4 heterocycles. The molecular formula is C34H41ClN8O2. The lowest BCUT2D eigenvalue weighted by atomic mass is 10.0. The van der Waals surface area contributed by atoms with E-state index < -0.39 is 0 Å². The fourth-order valence-electron chi connectivity index (χ4n) is 6.67. The highest BCUT2D eigenvalue weighted by Gasteiger charge is 2.35. The van der Waals surface area contributed by atoms with Crippen molar-refractivity contribution in [1.82, 2.24) is 24.8 Å². The second-order valence-corrected chi connectivity index (χ2v) is 12.9. The topological polar surface area (TPSA) is 82.3 Å². The summed E-state index contributed by atoms with van der Waals surface area (Å²) >= 11 is 6.69. The molecule has 1 saturated carbocycles. The fraction of sp³-hybridized carbons (Fsp3) is 0.500. The summed E-state index contributed by atoms with van der Waals surface area (Å²) in [5.74, 6) is 1.45. The van der Waals surface area contributed by atoms with Crippen molar-refractivity contribution in [2.75, 3.05) is 56.2 Å². The summed E-state index contributed by atoms with van der Waals surface area (Å²) in [5.41, 5.74) is 2.96. The number of hydrogen-bond acceptors (Lipinski definition) is 8. The number of nitrogens with zero attached hydrogens (tertiary/aromatic N) is 8. The van der Waals surface area contributed by atoms with E-state index in [4.69, 9.17) is 32.9 Å². The molecule has 1 amide bonds. The van der Waals surface area contributed by atoms with Crippen molar-refractivity contribution in [3.05, 3.63) is 70.9 Å². The third-order valence-corrected chi connectivity index (χ3v) is 10.0. The van der Waals surface area contributed by atoms with Gasteiger partial charge in [0.2, 0.25) is 12.5 Å². The number of pyridine rings is 1. The Balaban J connectivity index is 1.31. The molecule has 2 aliphatic heterocycles. The van der Waals surface area contributed by atoms with Crippen molar-refractivity contribution in [2.45, 2.75) is 57.8 Å². The monoisotopic (exact) mass is 628 g/mol. The number of benzene rings is 1. The van der Waals surface area contributed by atoms with Gasteiger partial charge in [-0.05, 0) is 58.2 Å². The van der Waals surface area contributed by atoms with E-state index in [-0.39, 0.29) is 24.5 Å². The zero-order valence-electron chi connectivity index (χ0n) is 26.3. The van der Waals surface area contributed by atoms with Crippen molar-refractivity contribution < 1.29 is 9.53 Å². The zero-order valence-corrected chi connectivity index (χ0v) is 27.1. The number of piperazine rings is 1. The normalized spacial score (nSPS) is 19.6. The second kappa shape index (κ2) is 13.2. The highest BCUT2D eigenvalue weighted by molar-refractivity contribution is 6.36. The first-order valence-corrected chi connectivity index (χ1v) is 16.2. The van der Waals surface area contributed by atoms with E-state index in [1.54, 1.807) is 4.90 Å². The standard InChI is InChI=1S/C34H41ClN8O2/c1-6-31(44)43-15-14-42(19-26(43)17-36-4)33-27-12-13-41(30-18-37-16-25-8-7-9-28(35)32(25)30)20-29(27)38-34(39-33)45-21-22(2)40(5)23(3)24-10-11-24/h6-9,16,18,22-24,26H,1,10-15,17,19-21H2,2-3,5H3/t22-,23+,26-/m0/s1. The largest absolute Gasteiger partial charge is 0.462 e. The van der Waals surface area contributed by atoms with Gasteiger partial charge in [0.15, 0.2) is 0 Å². The molecule has 3 aliphatic rings. The molecule has 0 bridgehead atoms. The number of rotatable bonds is 10. The SMILES string of the molecule is [C-]#[N+]C[C@H]1CN(c2nc(OC[C@H](C)N(C)[C@H](C)C3CC3)nc3c2CCN(c2cncc4cccc(Cl)c24)C3)CCN1C(=O)C=C. The lowest BCUT2D eigenvalue weighted by molar-refractivity contribution is -0.128. The highest BCUT2D eigenvalue weighted by Crippen LogP contribution is 2.37. The molecule has 0 spiro atoms. The molecule has 3 atom stereocenters. The summed E-state index contributed by atoms with van der Waals surface area (Å²) in [6, 6.07) is 6.69. The predicted molar refractivity (Wildman–Crippen MR) is 178 cm³/mol. The van der Waals surface area contributed by atoms with Gasteiger partial charge in [-0.1, -0.05) is 30.3 Å². The van der Waals surface area contributed by atoms with Crippen molar-refractivity contribution in [3.63, 3.8) is 0 Å². The fourth-order valence-corrected chi connectivity index (χ4v) is 6.95. The van der Waals surface area contributed by atoms with E-state index in [1.165, 1.54) is 18.9 Å². The lowest BCUT2D eigenvalue weighted by Crippen LogP contribution is -2.56. The quantitative estimate of drug-likeness (QED) is 0.233. The van der Waals surface area contributed by atoms with Crippen LogP contribution in [0.1, 0.15) is 37.9 Å². The van der Waals surface area contributed by atoms with Crippen molar-refractivity contribution in [1.29, 1.82) is 0 Å². The van der Waals surface area contributed by atoms with Gasteiger partial charge in [-0.3, -0.25) is 14.7 Å². The van der Waals surface area contributed by atoms with Crippen molar-refractivity contribution in [2.24, 2.45) is 5.92 Å². The van der Waals surface area contributed by atoms with Crippen LogP contribution in [0, 0.1) is 12.5 Å². The van der Waals surface area contributed by atoms with Gasteiger partial charge >= 0.3 is 6.01 Å². The molecule has 0 N–H and O–H groups in total. The minimum atomic E-state index is -0.252. The third-order valence-electron chi connectivity index (χ3n) is 9.71. The van der Waals surface area contributed by atoms with Crippen LogP contribution in [0.3, 0.4) is 0 Å². The van der Waals surface area contributed by atoms with Crippen LogP contribution >= 0.6 is 11.6 Å². The van der Waals surface area contributed by atoms with Crippen LogP contribution in [0.5, 0.6) is 6.01 Å². The molecule has 2 aromatic heterocycles. The molecular weight excluding hydrogens is 588 g/mol. The summed E-state index contributed by atoms with van der Waals surface area (Å²) in [6.07, 6.45) is 8.36. The summed E-state index contributed by atoms with van der Waals surface area (Å²) in [4.78, 5) is 39.3. The van der Waals surface area contributed by atoms with E-state index in [0.717, 1.165) is 52.4 Å². The number of hydrogen-bond donors (Lipinski definition) is 0. The smallest absolute Gasteiger partial charge is 0.318 e. The Kier molecular flexibility index (Phi) is 9.11. The first-order valence-electron chi connectivity index (χ1n) is 15.8. The number of aromatic nitrogens is 3. The van der Waals surface area contributed by atoms with Crippen LogP contribution in [-0.4, -0.2) is 95.2 Å². The van der Waals surface area contributed by atoms with Gasteiger partial charge in [0.05, 0.1) is 29.1 Å². The van der Waals surface area contributed by atoms with Gasteiger partial charge in [-0.15, -0.1) is 0 Å². The first kappa shape index (κ1) is 31.1. The van der Waals surface area contributed by atoms with Crippen LogP contribution < -0.4 is 14.5 Å². The Bertz CT molecular complexity index is 1620. The van der Waals surface area contributed by atoms with E-state index in [1.807, 2.05) is 30.6 Å². The number of carbonyl (C=O) groups is 1. The highest BCUT2D eigenvalue weighted by atomic mass is 35.5. The van der Waals surface area contributed by atoms with Gasteiger partial charge in [0, 0.05) is 60.8 Å². The average molecular weight is 629 g/mol. The van der Waals surface area contributed by atoms with Crippen molar-refractivity contribution in [3.8, 4) is 6.01 Å². The van der Waals surface area contributed by atoms with Gasteiger partial charge in [0.1, 0.15) is 18.5 Å². The van der Waals surface area contributed by atoms with Crippen LogP contribution in [0.15, 0.2) is 43.2 Å². The number of likely N-dealkylation sites (N-methyl/N-ethyl adjacent to an activating group) is 1. The van der Waals surface area contributed by atoms with Crippen LogP contribution in [-0.2, 0) is 17.8 Å². The van der Waals surface area contributed by atoms with Gasteiger partial charge < -0.3 is 24.3 Å². The second-order valence-electron chi connectivity index (χ2n) is 12.5. The Labute approximate surface area is 270 Å². The average Bonchev–Trinajstić information content (AvgIpc) is 3.91. The molecule has 45 heavy (non-hydrogen) atoms. The van der Waals surface area contributed by atoms with Gasteiger partial charge in [-0.2, -0.15) is 9.97 Å². The molecule has 0 radical (unpaired) electrons. The summed E-state index contributed by atoms with van der Waals surface area (Å²) in [6.45, 7) is 19.3. The molecule has 6 rings (SSSR count). The predicted octanol–water partition coefficient (Wildman–Crippen LogP) is 4.86. The molecule has 0 unspecified atom stereocenters. The Morgan fingerprint density at radius 3 is 2.80 bits per heavy atom. The molecule has 236 valence electrons. The maximum absolute atomic E-state index is 12.6. The van der Waals surface area contributed by atoms with E-state index in [2.05, 4.69) is 52.0 Å². The van der Waals surface area contributed by atoms with Crippen LogP contribution in [0.4, 0.5) is 11.5 Å². The molecule has 10 nitrogen and oxygen atoms in total. The molecule has 1 saturated heterocycles. The lowest BCUT2D eigenvalue weighted by Gasteiger charge is -2.41. The summed E-state index contributed by atoms with van der Waals surface area (Å²) in [5, 5.41) is 2.67. The van der Waals surface area contributed by atoms with Crippen LogP contribution in [0.25, 0.3) is 15.6 Å².